The summed E-state index contributed by atoms with van der Waals surface area (Å²) in [5.41, 5.74) is 3.21. The van der Waals surface area contributed by atoms with Gasteiger partial charge in [0.15, 0.2) is 0 Å². The molecule has 2 atom stereocenters. The molecule has 2 aliphatic rings. The number of ether oxygens (including phenoxy) is 1. The number of aromatic nitrogens is 2. The van der Waals surface area contributed by atoms with Crippen molar-refractivity contribution >= 4 is 5.91 Å². The first-order valence-corrected chi connectivity index (χ1v) is 9.42. The van der Waals surface area contributed by atoms with E-state index >= 15 is 0 Å². The summed E-state index contributed by atoms with van der Waals surface area (Å²) in [7, 11) is 0. The fraction of sp³-hybridized carbons (Fsp3) is 0.737. The molecule has 1 aromatic rings. The van der Waals surface area contributed by atoms with Gasteiger partial charge in [0.25, 0.3) is 0 Å². The number of hydrogen-bond donors (Lipinski definition) is 0. The van der Waals surface area contributed by atoms with E-state index in [-0.39, 0.29) is 18.1 Å². The standard InChI is InChI=1S/C19H28N4O2/c1-14-16(15(2)23(21-14)11-5-10-20)8-9-19(24)22-12-13-25-18-7-4-3-6-17(18)22/h17-18H,3-9,11-13H2,1-2H3/t17-,18+/m1/s1. The maximum Gasteiger partial charge on any atom is 0.223 e. The molecule has 0 unspecified atom stereocenters. The minimum atomic E-state index is 0.239. The SMILES string of the molecule is Cc1nn(CCC#N)c(C)c1CCC(=O)N1CCO[C@H]2CCCC[C@H]21. The lowest BCUT2D eigenvalue weighted by Crippen LogP contribution is -2.54. The predicted octanol–water partition coefficient (Wildman–Crippen LogP) is 2.52. The van der Waals surface area contributed by atoms with E-state index in [1.165, 1.54) is 12.8 Å². The maximum atomic E-state index is 12.8. The van der Waals surface area contributed by atoms with E-state index < -0.39 is 0 Å². The third-order valence-corrected chi connectivity index (χ3v) is 5.61. The Morgan fingerprint density at radius 2 is 2.16 bits per heavy atom. The molecule has 1 saturated carbocycles. The quantitative estimate of drug-likeness (QED) is 0.823. The summed E-state index contributed by atoms with van der Waals surface area (Å²) < 4.78 is 7.76. The Labute approximate surface area is 149 Å². The van der Waals surface area contributed by atoms with Gasteiger partial charge >= 0.3 is 0 Å². The smallest absolute Gasteiger partial charge is 0.223 e. The second-order valence-corrected chi connectivity index (χ2v) is 7.13. The first-order valence-electron chi connectivity index (χ1n) is 9.42. The molecule has 1 aromatic heterocycles. The summed E-state index contributed by atoms with van der Waals surface area (Å²) in [6.45, 7) is 6.02. The lowest BCUT2D eigenvalue weighted by atomic mass is 9.90. The van der Waals surface area contributed by atoms with Crippen molar-refractivity contribution in [1.29, 1.82) is 5.26 Å². The van der Waals surface area contributed by atoms with Gasteiger partial charge in [-0.3, -0.25) is 9.48 Å². The molecule has 1 amide bonds. The van der Waals surface area contributed by atoms with Crippen molar-refractivity contribution in [3.05, 3.63) is 17.0 Å². The van der Waals surface area contributed by atoms with Gasteiger partial charge in [-0.1, -0.05) is 12.8 Å². The van der Waals surface area contributed by atoms with E-state index in [0.29, 0.717) is 26.0 Å². The van der Waals surface area contributed by atoms with Crippen LogP contribution in [0.3, 0.4) is 0 Å². The molecular formula is C19H28N4O2. The highest BCUT2D eigenvalue weighted by molar-refractivity contribution is 5.77. The second kappa shape index (κ2) is 8.01. The summed E-state index contributed by atoms with van der Waals surface area (Å²) in [5, 5.41) is 13.3. The van der Waals surface area contributed by atoms with Crippen LogP contribution in [0.25, 0.3) is 0 Å². The highest BCUT2D eigenvalue weighted by Gasteiger charge is 2.36. The molecule has 0 aromatic carbocycles. The number of carbonyl (C=O) groups excluding carboxylic acids is 1. The van der Waals surface area contributed by atoms with Crippen molar-refractivity contribution in [3.63, 3.8) is 0 Å². The number of nitrogens with zero attached hydrogens (tertiary/aromatic N) is 4. The summed E-state index contributed by atoms with van der Waals surface area (Å²) in [6, 6.07) is 2.43. The first kappa shape index (κ1) is 17.9. The number of carbonyl (C=O) groups is 1. The Bertz CT molecular complexity index is 659. The minimum absolute atomic E-state index is 0.239. The molecule has 1 aliphatic carbocycles. The van der Waals surface area contributed by atoms with Crippen molar-refractivity contribution in [1.82, 2.24) is 14.7 Å². The lowest BCUT2D eigenvalue weighted by Gasteiger charge is -2.43. The zero-order valence-corrected chi connectivity index (χ0v) is 15.3. The van der Waals surface area contributed by atoms with Crippen LogP contribution in [-0.4, -0.2) is 45.9 Å². The van der Waals surface area contributed by atoms with Crippen molar-refractivity contribution in [2.45, 2.75) is 77.5 Å². The summed E-state index contributed by atoms with van der Waals surface area (Å²) in [4.78, 5) is 14.9. The van der Waals surface area contributed by atoms with E-state index in [1.807, 2.05) is 18.5 Å². The lowest BCUT2D eigenvalue weighted by molar-refractivity contribution is -0.149. The number of aryl methyl sites for hydroxylation is 2. The van der Waals surface area contributed by atoms with Gasteiger partial charge in [0.2, 0.25) is 5.91 Å². The number of amides is 1. The Kier molecular flexibility index (Phi) is 5.74. The van der Waals surface area contributed by atoms with Gasteiger partial charge in [-0.2, -0.15) is 10.4 Å². The minimum Gasteiger partial charge on any atom is -0.374 e. The van der Waals surface area contributed by atoms with Crippen molar-refractivity contribution in [2.75, 3.05) is 13.2 Å². The normalized spacial score (nSPS) is 23.2. The van der Waals surface area contributed by atoms with Crippen LogP contribution in [0.4, 0.5) is 0 Å². The molecule has 136 valence electrons. The maximum absolute atomic E-state index is 12.8. The van der Waals surface area contributed by atoms with Crippen LogP contribution in [0.2, 0.25) is 0 Å². The molecule has 1 aliphatic heterocycles. The Balaban J connectivity index is 1.62. The molecule has 0 radical (unpaired) electrons. The van der Waals surface area contributed by atoms with Gasteiger partial charge in [-0.05, 0) is 38.7 Å². The van der Waals surface area contributed by atoms with E-state index in [4.69, 9.17) is 10.00 Å². The topological polar surface area (TPSA) is 71.2 Å². The second-order valence-electron chi connectivity index (χ2n) is 7.13. The van der Waals surface area contributed by atoms with Crippen LogP contribution in [0.5, 0.6) is 0 Å². The van der Waals surface area contributed by atoms with E-state index in [1.54, 1.807) is 0 Å². The number of morpholine rings is 1. The zero-order valence-electron chi connectivity index (χ0n) is 15.3. The fourth-order valence-corrected chi connectivity index (χ4v) is 4.25. The van der Waals surface area contributed by atoms with E-state index in [2.05, 4.69) is 16.1 Å². The third-order valence-electron chi connectivity index (χ3n) is 5.61. The molecule has 3 rings (SSSR count). The molecule has 2 fully saturated rings. The van der Waals surface area contributed by atoms with Crippen LogP contribution in [0, 0.1) is 25.2 Å². The van der Waals surface area contributed by atoms with E-state index in [0.717, 1.165) is 42.8 Å². The van der Waals surface area contributed by atoms with Crippen molar-refractivity contribution in [2.24, 2.45) is 0 Å². The fourth-order valence-electron chi connectivity index (χ4n) is 4.25. The van der Waals surface area contributed by atoms with Gasteiger partial charge in [-0.25, -0.2) is 0 Å². The Morgan fingerprint density at radius 3 is 2.96 bits per heavy atom. The van der Waals surface area contributed by atoms with Crippen LogP contribution in [0.15, 0.2) is 0 Å². The highest BCUT2D eigenvalue weighted by atomic mass is 16.5. The average Bonchev–Trinajstić information content (AvgIpc) is 2.90. The average molecular weight is 344 g/mol. The molecule has 25 heavy (non-hydrogen) atoms. The van der Waals surface area contributed by atoms with Crippen molar-refractivity contribution < 1.29 is 9.53 Å². The van der Waals surface area contributed by atoms with Crippen LogP contribution in [-0.2, 0) is 22.5 Å². The highest BCUT2D eigenvalue weighted by Crippen LogP contribution is 2.29. The number of nitriles is 1. The summed E-state index contributed by atoms with van der Waals surface area (Å²) in [5.74, 6) is 0.240. The Hall–Kier alpha value is -1.87. The van der Waals surface area contributed by atoms with Gasteiger partial charge < -0.3 is 9.64 Å². The molecule has 0 spiro atoms. The van der Waals surface area contributed by atoms with Crippen LogP contribution in [0.1, 0.15) is 55.5 Å². The third kappa shape index (κ3) is 3.87. The van der Waals surface area contributed by atoms with Gasteiger partial charge in [0.1, 0.15) is 0 Å². The van der Waals surface area contributed by atoms with Gasteiger partial charge in [0, 0.05) is 18.7 Å². The van der Waals surface area contributed by atoms with Crippen molar-refractivity contribution in [3.8, 4) is 6.07 Å². The summed E-state index contributed by atoms with van der Waals surface area (Å²) in [6.07, 6.45) is 6.49. The van der Waals surface area contributed by atoms with E-state index in [9.17, 15) is 4.79 Å². The monoisotopic (exact) mass is 344 g/mol. The number of fused-ring (bicyclic) bond motifs is 1. The van der Waals surface area contributed by atoms with Crippen LogP contribution < -0.4 is 0 Å². The van der Waals surface area contributed by atoms with Crippen LogP contribution >= 0.6 is 0 Å². The van der Waals surface area contributed by atoms with Gasteiger partial charge in [0.05, 0.1) is 43.5 Å². The van der Waals surface area contributed by atoms with Gasteiger partial charge in [-0.15, -0.1) is 0 Å². The molecule has 1 saturated heterocycles. The summed E-state index contributed by atoms with van der Waals surface area (Å²) >= 11 is 0. The number of rotatable bonds is 5. The molecule has 0 bridgehead atoms. The number of hydrogen-bond acceptors (Lipinski definition) is 4. The largest absolute Gasteiger partial charge is 0.374 e. The molecular weight excluding hydrogens is 316 g/mol. The predicted molar refractivity (Wildman–Crippen MR) is 94.0 cm³/mol. The molecule has 6 heteroatoms. The molecule has 0 N–H and O–H groups in total. The molecule has 2 heterocycles. The zero-order chi connectivity index (χ0) is 17.8. The first-order chi connectivity index (χ1) is 12.1. The Morgan fingerprint density at radius 1 is 1.36 bits per heavy atom. The molecule has 6 nitrogen and oxygen atoms in total.